The largest absolute Gasteiger partial charge is 0.369 e. The number of hydrogen-bond donors (Lipinski definition) is 1. The molecule has 21 heavy (non-hydrogen) atoms. The summed E-state index contributed by atoms with van der Waals surface area (Å²) in [5.41, 5.74) is 8.90. The van der Waals surface area contributed by atoms with Crippen LogP contribution in [0, 0.1) is 6.92 Å². The van der Waals surface area contributed by atoms with Crippen molar-refractivity contribution in [2.75, 3.05) is 18.0 Å². The Bertz CT molecular complexity index is 636. The molecule has 3 rings (SSSR count). The second-order valence-electron chi connectivity index (χ2n) is 5.47. The van der Waals surface area contributed by atoms with E-state index in [4.69, 9.17) is 17.3 Å². The van der Waals surface area contributed by atoms with Gasteiger partial charge in [0.1, 0.15) is 0 Å². The van der Waals surface area contributed by atoms with Gasteiger partial charge in [0.15, 0.2) is 5.82 Å². The van der Waals surface area contributed by atoms with Crippen molar-refractivity contribution in [3.8, 4) is 11.4 Å². The fourth-order valence-electron chi connectivity index (χ4n) is 2.68. The molecule has 1 aromatic carbocycles. The van der Waals surface area contributed by atoms with Crippen LogP contribution < -0.4 is 10.6 Å². The van der Waals surface area contributed by atoms with Gasteiger partial charge in [0.05, 0.1) is 22.6 Å². The third-order valence-electron chi connectivity index (χ3n) is 3.95. The second kappa shape index (κ2) is 6.00. The van der Waals surface area contributed by atoms with Gasteiger partial charge >= 0.3 is 0 Å². The van der Waals surface area contributed by atoms with E-state index in [9.17, 15) is 0 Å². The zero-order chi connectivity index (χ0) is 14.8. The molecule has 5 heteroatoms. The highest BCUT2D eigenvalue weighted by atomic mass is 35.5. The van der Waals surface area contributed by atoms with Crippen molar-refractivity contribution in [2.45, 2.75) is 25.8 Å². The SMILES string of the molecule is Cc1nc(-c2ccccc2Cl)ncc1N1CCC(N)CC1. The summed E-state index contributed by atoms with van der Waals surface area (Å²) in [5.74, 6) is 0.676. The molecular weight excluding hydrogens is 284 g/mol. The monoisotopic (exact) mass is 302 g/mol. The van der Waals surface area contributed by atoms with Crippen LogP contribution in [0.25, 0.3) is 11.4 Å². The molecule has 1 aromatic heterocycles. The van der Waals surface area contributed by atoms with Crippen molar-refractivity contribution in [2.24, 2.45) is 5.73 Å². The van der Waals surface area contributed by atoms with Crippen LogP contribution in [0.4, 0.5) is 5.69 Å². The fourth-order valence-corrected chi connectivity index (χ4v) is 2.90. The van der Waals surface area contributed by atoms with Gasteiger partial charge in [0.25, 0.3) is 0 Å². The highest BCUT2D eigenvalue weighted by molar-refractivity contribution is 6.33. The van der Waals surface area contributed by atoms with Gasteiger partial charge in [0.2, 0.25) is 0 Å². The minimum atomic E-state index is 0.324. The van der Waals surface area contributed by atoms with E-state index in [0.29, 0.717) is 16.9 Å². The van der Waals surface area contributed by atoms with Crippen LogP contribution >= 0.6 is 11.6 Å². The minimum Gasteiger partial charge on any atom is -0.369 e. The first kappa shape index (κ1) is 14.3. The third kappa shape index (κ3) is 3.01. The van der Waals surface area contributed by atoms with Gasteiger partial charge in [-0.2, -0.15) is 0 Å². The molecule has 0 saturated carbocycles. The molecule has 0 bridgehead atoms. The highest BCUT2D eigenvalue weighted by Gasteiger charge is 2.19. The number of hydrogen-bond acceptors (Lipinski definition) is 4. The zero-order valence-electron chi connectivity index (χ0n) is 12.1. The first-order valence-corrected chi connectivity index (χ1v) is 7.62. The van der Waals surface area contributed by atoms with Crippen molar-refractivity contribution in [1.82, 2.24) is 9.97 Å². The summed E-state index contributed by atoms with van der Waals surface area (Å²) in [6.07, 6.45) is 3.94. The molecule has 1 aliphatic rings. The van der Waals surface area contributed by atoms with Crippen molar-refractivity contribution >= 4 is 17.3 Å². The molecular formula is C16H19ClN4. The first-order valence-electron chi connectivity index (χ1n) is 7.24. The van der Waals surface area contributed by atoms with Crippen molar-refractivity contribution in [3.05, 3.63) is 41.2 Å². The smallest absolute Gasteiger partial charge is 0.161 e. The van der Waals surface area contributed by atoms with Gasteiger partial charge < -0.3 is 10.6 Å². The van der Waals surface area contributed by atoms with E-state index in [1.807, 2.05) is 37.4 Å². The molecule has 0 amide bonds. The van der Waals surface area contributed by atoms with Gasteiger partial charge in [-0.15, -0.1) is 0 Å². The fraction of sp³-hybridized carbons (Fsp3) is 0.375. The molecule has 0 atom stereocenters. The third-order valence-corrected chi connectivity index (χ3v) is 4.28. The van der Waals surface area contributed by atoms with Crippen LogP contribution in [0.15, 0.2) is 30.5 Å². The molecule has 0 spiro atoms. The average molecular weight is 303 g/mol. The lowest BCUT2D eigenvalue weighted by atomic mass is 10.1. The molecule has 2 heterocycles. The molecule has 0 unspecified atom stereocenters. The molecule has 1 fully saturated rings. The molecule has 110 valence electrons. The summed E-state index contributed by atoms with van der Waals surface area (Å²) in [7, 11) is 0. The zero-order valence-corrected chi connectivity index (χ0v) is 12.8. The Kier molecular flexibility index (Phi) is 4.08. The maximum absolute atomic E-state index is 6.21. The summed E-state index contributed by atoms with van der Waals surface area (Å²) in [6.45, 7) is 3.96. The van der Waals surface area contributed by atoms with E-state index in [0.717, 1.165) is 42.9 Å². The molecule has 2 N–H and O–H groups in total. The number of aromatic nitrogens is 2. The number of aryl methyl sites for hydroxylation is 1. The lowest BCUT2D eigenvalue weighted by Crippen LogP contribution is -2.40. The van der Waals surface area contributed by atoms with Crippen LogP contribution in [0.3, 0.4) is 0 Å². The summed E-state index contributed by atoms with van der Waals surface area (Å²) >= 11 is 6.21. The topological polar surface area (TPSA) is 55.0 Å². The minimum absolute atomic E-state index is 0.324. The maximum atomic E-state index is 6.21. The van der Waals surface area contributed by atoms with Crippen molar-refractivity contribution < 1.29 is 0 Å². The number of nitrogens with zero attached hydrogens (tertiary/aromatic N) is 3. The van der Waals surface area contributed by atoms with Crippen LogP contribution in [-0.4, -0.2) is 29.1 Å². The Morgan fingerprint density at radius 3 is 2.62 bits per heavy atom. The Balaban J connectivity index is 1.88. The quantitative estimate of drug-likeness (QED) is 0.926. The number of piperidine rings is 1. The number of benzene rings is 1. The van der Waals surface area contributed by atoms with Gasteiger partial charge in [0, 0.05) is 24.7 Å². The molecule has 2 aromatic rings. The standard InChI is InChI=1S/C16H19ClN4/c1-11-15(21-8-6-12(18)7-9-21)10-19-16(20-11)13-4-2-3-5-14(13)17/h2-5,10,12H,6-9,18H2,1H3. The van der Waals surface area contributed by atoms with Crippen LogP contribution in [0.2, 0.25) is 5.02 Å². The van der Waals surface area contributed by atoms with Gasteiger partial charge in [-0.3, -0.25) is 0 Å². The maximum Gasteiger partial charge on any atom is 0.161 e. The second-order valence-corrected chi connectivity index (χ2v) is 5.88. The van der Waals surface area contributed by atoms with Crippen LogP contribution in [0.5, 0.6) is 0 Å². The van der Waals surface area contributed by atoms with Crippen molar-refractivity contribution in [3.63, 3.8) is 0 Å². The first-order chi connectivity index (χ1) is 10.1. The van der Waals surface area contributed by atoms with E-state index in [2.05, 4.69) is 14.9 Å². The van der Waals surface area contributed by atoms with E-state index in [-0.39, 0.29) is 0 Å². The molecule has 1 saturated heterocycles. The van der Waals surface area contributed by atoms with E-state index in [1.165, 1.54) is 0 Å². The van der Waals surface area contributed by atoms with Crippen LogP contribution in [0.1, 0.15) is 18.5 Å². The lowest BCUT2D eigenvalue weighted by molar-refractivity contribution is 0.500. The summed E-state index contributed by atoms with van der Waals surface area (Å²) < 4.78 is 0. The summed E-state index contributed by atoms with van der Waals surface area (Å²) in [4.78, 5) is 11.4. The van der Waals surface area contributed by atoms with Gasteiger partial charge in [-0.05, 0) is 31.9 Å². The number of anilines is 1. The number of nitrogens with two attached hydrogens (primary N) is 1. The normalized spacial score (nSPS) is 16.2. The van der Waals surface area contributed by atoms with Gasteiger partial charge in [-0.1, -0.05) is 23.7 Å². The Hall–Kier alpha value is -1.65. The Morgan fingerprint density at radius 2 is 1.95 bits per heavy atom. The summed E-state index contributed by atoms with van der Waals surface area (Å²) in [5, 5.41) is 0.675. The molecule has 4 nitrogen and oxygen atoms in total. The molecule has 0 aliphatic carbocycles. The summed E-state index contributed by atoms with van der Waals surface area (Å²) in [6, 6.07) is 7.97. The van der Waals surface area contributed by atoms with E-state index < -0.39 is 0 Å². The highest BCUT2D eigenvalue weighted by Crippen LogP contribution is 2.27. The molecule has 1 aliphatic heterocycles. The van der Waals surface area contributed by atoms with E-state index in [1.54, 1.807) is 0 Å². The van der Waals surface area contributed by atoms with Gasteiger partial charge in [-0.25, -0.2) is 9.97 Å². The number of halogens is 1. The predicted octanol–water partition coefficient (Wildman–Crippen LogP) is 3.03. The van der Waals surface area contributed by atoms with E-state index >= 15 is 0 Å². The number of rotatable bonds is 2. The Morgan fingerprint density at radius 1 is 1.24 bits per heavy atom. The average Bonchev–Trinajstić information content (AvgIpc) is 2.49. The Labute approximate surface area is 130 Å². The predicted molar refractivity (Wildman–Crippen MR) is 86.6 cm³/mol. The lowest BCUT2D eigenvalue weighted by Gasteiger charge is -2.32. The van der Waals surface area contributed by atoms with Crippen LogP contribution in [-0.2, 0) is 0 Å². The molecule has 0 radical (unpaired) electrons. The van der Waals surface area contributed by atoms with Crippen molar-refractivity contribution in [1.29, 1.82) is 0 Å².